The van der Waals surface area contributed by atoms with Gasteiger partial charge in [-0.1, -0.05) is 6.42 Å². The van der Waals surface area contributed by atoms with Crippen molar-refractivity contribution < 1.29 is 26.3 Å². The van der Waals surface area contributed by atoms with Gasteiger partial charge in [0.25, 0.3) is 0 Å². The third-order valence-electron chi connectivity index (χ3n) is 2.01. The summed E-state index contributed by atoms with van der Waals surface area (Å²) in [6.07, 6.45) is -10.9. The molecule has 0 aliphatic rings. The van der Waals surface area contributed by atoms with Gasteiger partial charge in [-0.05, 0) is 19.8 Å². The van der Waals surface area contributed by atoms with E-state index in [1.165, 1.54) is 0 Å². The smallest absolute Gasteiger partial charge is 0.170 e. The summed E-state index contributed by atoms with van der Waals surface area (Å²) in [5.74, 6) is 1.90. The van der Waals surface area contributed by atoms with Crippen LogP contribution in [0.2, 0.25) is 0 Å². The summed E-state index contributed by atoms with van der Waals surface area (Å²) in [5, 5.41) is 0. The highest BCUT2D eigenvalue weighted by Gasteiger charge is 2.55. The van der Waals surface area contributed by atoms with Crippen molar-refractivity contribution in [2.24, 2.45) is 5.92 Å². The van der Waals surface area contributed by atoms with E-state index < -0.39 is 24.7 Å². The highest BCUT2D eigenvalue weighted by Crippen LogP contribution is 2.42. The van der Waals surface area contributed by atoms with Crippen molar-refractivity contribution in [2.45, 2.75) is 45.0 Å². The van der Waals surface area contributed by atoms with Gasteiger partial charge < -0.3 is 0 Å². The molecule has 0 aromatic carbocycles. The molecular weight excluding hydrogens is 234 g/mol. The molecule has 0 atom stereocenters. The molecule has 0 unspecified atom stereocenters. The van der Waals surface area contributed by atoms with Crippen LogP contribution in [0.1, 0.15) is 32.6 Å². The second kappa shape index (κ2) is 6.02. The minimum absolute atomic E-state index is 0.127. The molecule has 16 heavy (non-hydrogen) atoms. The summed E-state index contributed by atoms with van der Waals surface area (Å²) in [4.78, 5) is 0. The van der Waals surface area contributed by atoms with E-state index in [9.17, 15) is 26.3 Å². The molecule has 0 aliphatic carbocycles. The van der Waals surface area contributed by atoms with Gasteiger partial charge in [0.2, 0.25) is 0 Å². The van der Waals surface area contributed by atoms with Crippen molar-refractivity contribution in [2.75, 3.05) is 0 Å². The average molecular weight is 246 g/mol. The molecule has 0 spiro atoms. The minimum Gasteiger partial charge on any atom is -0.170 e. The minimum atomic E-state index is -5.21. The SMILES string of the molecule is CC#CCCCCC(C(F)(F)F)C(F)(F)F. The first-order chi connectivity index (χ1) is 7.19. The highest BCUT2D eigenvalue weighted by molar-refractivity contribution is 4.94. The third-order valence-corrected chi connectivity index (χ3v) is 2.01. The van der Waals surface area contributed by atoms with Crippen LogP contribution in [-0.2, 0) is 0 Å². The molecule has 0 bridgehead atoms. The Morgan fingerprint density at radius 3 is 1.81 bits per heavy atom. The highest BCUT2D eigenvalue weighted by atomic mass is 19.4. The standard InChI is InChI=1S/C10H12F6/c1-2-3-4-5-6-7-8(9(11,12)13)10(14,15)16/h8H,4-7H2,1H3. The van der Waals surface area contributed by atoms with Crippen LogP contribution in [0.3, 0.4) is 0 Å². The molecule has 94 valence electrons. The van der Waals surface area contributed by atoms with Gasteiger partial charge in [0.05, 0.1) is 0 Å². The maximum Gasteiger partial charge on any atom is 0.400 e. The quantitative estimate of drug-likeness (QED) is 0.394. The molecule has 6 heteroatoms. The monoisotopic (exact) mass is 246 g/mol. The summed E-state index contributed by atoms with van der Waals surface area (Å²) in [6, 6.07) is 0. The second-order valence-corrected chi connectivity index (χ2v) is 3.31. The second-order valence-electron chi connectivity index (χ2n) is 3.31. The van der Waals surface area contributed by atoms with E-state index in [1.807, 2.05) is 0 Å². The number of hydrogen-bond donors (Lipinski definition) is 0. The summed E-state index contributed by atoms with van der Waals surface area (Å²) >= 11 is 0. The zero-order valence-corrected chi connectivity index (χ0v) is 8.67. The van der Waals surface area contributed by atoms with Gasteiger partial charge >= 0.3 is 12.4 Å². The van der Waals surface area contributed by atoms with Crippen LogP contribution < -0.4 is 0 Å². The number of hydrogen-bond acceptors (Lipinski definition) is 0. The van der Waals surface area contributed by atoms with E-state index in [4.69, 9.17) is 0 Å². The Bertz CT molecular complexity index is 237. The van der Waals surface area contributed by atoms with E-state index in [-0.39, 0.29) is 12.8 Å². The first kappa shape index (κ1) is 15.1. The van der Waals surface area contributed by atoms with Gasteiger partial charge in [-0.2, -0.15) is 26.3 Å². The summed E-state index contributed by atoms with van der Waals surface area (Å²) < 4.78 is 72.3. The molecule has 0 rings (SSSR count). The van der Waals surface area contributed by atoms with Crippen molar-refractivity contribution in [3.63, 3.8) is 0 Å². The lowest BCUT2D eigenvalue weighted by atomic mass is 10.00. The van der Waals surface area contributed by atoms with Crippen LogP contribution in [0.15, 0.2) is 0 Å². The van der Waals surface area contributed by atoms with Crippen LogP contribution in [0, 0.1) is 17.8 Å². The zero-order valence-electron chi connectivity index (χ0n) is 8.67. The Balaban J connectivity index is 4.19. The topological polar surface area (TPSA) is 0 Å². The molecule has 0 saturated carbocycles. The van der Waals surface area contributed by atoms with Crippen LogP contribution in [0.4, 0.5) is 26.3 Å². The summed E-state index contributed by atoms with van der Waals surface area (Å²) in [5.41, 5.74) is 0. The fourth-order valence-corrected chi connectivity index (χ4v) is 1.20. The van der Waals surface area contributed by atoms with Crippen molar-refractivity contribution >= 4 is 0 Å². The maximum absolute atomic E-state index is 12.0. The summed E-state index contributed by atoms with van der Waals surface area (Å²) in [6.45, 7) is 1.56. The first-order valence-electron chi connectivity index (χ1n) is 4.72. The number of rotatable bonds is 4. The van der Waals surface area contributed by atoms with E-state index >= 15 is 0 Å². The molecule has 0 nitrogen and oxygen atoms in total. The predicted octanol–water partition coefficient (Wildman–Crippen LogP) is 4.31. The van der Waals surface area contributed by atoms with E-state index in [0.29, 0.717) is 6.42 Å². The lowest BCUT2D eigenvalue weighted by molar-refractivity contribution is -0.285. The molecule has 0 aromatic rings. The van der Waals surface area contributed by atoms with E-state index in [0.717, 1.165) is 0 Å². The van der Waals surface area contributed by atoms with Crippen molar-refractivity contribution in [3.05, 3.63) is 0 Å². The molecule has 0 saturated heterocycles. The Morgan fingerprint density at radius 2 is 1.44 bits per heavy atom. The summed E-state index contributed by atoms with van der Waals surface area (Å²) in [7, 11) is 0. The third kappa shape index (κ3) is 5.89. The van der Waals surface area contributed by atoms with Crippen molar-refractivity contribution in [1.82, 2.24) is 0 Å². The molecule has 0 fully saturated rings. The first-order valence-corrected chi connectivity index (χ1v) is 4.72. The Morgan fingerprint density at radius 1 is 0.938 bits per heavy atom. The number of unbranched alkanes of at least 4 members (excludes halogenated alkanes) is 2. The normalized spacial score (nSPS) is 12.5. The zero-order chi connectivity index (χ0) is 12.8. The van der Waals surface area contributed by atoms with Gasteiger partial charge in [0, 0.05) is 6.42 Å². The Kier molecular flexibility index (Phi) is 5.70. The predicted molar refractivity (Wildman–Crippen MR) is 47.5 cm³/mol. The average Bonchev–Trinajstić information content (AvgIpc) is 2.06. The van der Waals surface area contributed by atoms with Gasteiger partial charge in [-0.25, -0.2) is 0 Å². The molecule has 0 amide bonds. The van der Waals surface area contributed by atoms with Crippen LogP contribution >= 0.6 is 0 Å². The maximum atomic E-state index is 12.0. The van der Waals surface area contributed by atoms with Gasteiger partial charge in [0.15, 0.2) is 5.92 Å². The molecular formula is C10H12F6. The van der Waals surface area contributed by atoms with Crippen LogP contribution in [-0.4, -0.2) is 12.4 Å². The lowest BCUT2D eigenvalue weighted by Gasteiger charge is -2.22. The molecule has 0 N–H and O–H groups in total. The fourth-order valence-electron chi connectivity index (χ4n) is 1.20. The lowest BCUT2D eigenvalue weighted by Crippen LogP contribution is -2.36. The Labute approximate surface area is 90.0 Å². The van der Waals surface area contributed by atoms with E-state index in [2.05, 4.69) is 11.8 Å². The van der Waals surface area contributed by atoms with Crippen molar-refractivity contribution in [1.29, 1.82) is 0 Å². The number of alkyl halides is 6. The fraction of sp³-hybridized carbons (Fsp3) is 0.800. The molecule has 0 aromatic heterocycles. The van der Waals surface area contributed by atoms with Crippen LogP contribution in [0.5, 0.6) is 0 Å². The molecule has 0 radical (unpaired) electrons. The Hall–Kier alpha value is -0.860. The van der Waals surface area contributed by atoms with Crippen LogP contribution in [0.25, 0.3) is 0 Å². The number of halogens is 6. The van der Waals surface area contributed by atoms with Gasteiger partial charge in [0.1, 0.15) is 0 Å². The molecule has 0 heterocycles. The van der Waals surface area contributed by atoms with Gasteiger partial charge in [-0.15, -0.1) is 11.8 Å². The van der Waals surface area contributed by atoms with Crippen molar-refractivity contribution in [3.8, 4) is 11.8 Å². The van der Waals surface area contributed by atoms with Gasteiger partial charge in [-0.3, -0.25) is 0 Å². The molecule has 0 aliphatic heterocycles. The van der Waals surface area contributed by atoms with E-state index in [1.54, 1.807) is 6.92 Å². The largest absolute Gasteiger partial charge is 0.400 e.